The Hall–Kier alpha value is -2.30. The van der Waals surface area contributed by atoms with E-state index in [1.165, 1.54) is 248 Å². The fourth-order valence-electron chi connectivity index (χ4n) is 11.2. The van der Waals surface area contributed by atoms with Gasteiger partial charge in [0.15, 0.2) is 11.6 Å². The zero-order chi connectivity index (χ0) is 51.6. The lowest BCUT2D eigenvalue weighted by Gasteiger charge is -2.17. The van der Waals surface area contributed by atoms with Crippen molar-refractivity contribution in [3.8, 4) is 40.4 Å². The summed E-state index contributed by atoms with van der Waals surface area (Å²) >= 11 is 8.01. The third-order valence-electron chi connectivity index (χ3n) is 15.6. The predicted octanol–water partition coefficient (Wildman–Crippen LogP) is 24.4. The summed E-state index contributed by atoms with van der Waals surface area (Å²) in [6.45, 7) is 13.6. The van der Waals surface area contributed by atoms with Crippen molar-refractivity contribution in [3.05, 3.63) is 68.9 Å². The van der Waals surface area contributed by atoms with Gasteiger partial charge < -0.3 is 0 Å². The molecule has 0 radical (unpaired) electrons. The van der Waals surface area contributed by atoms with Crippen LogP contribution in [0.25, 0.3) is 51.4 Å². The highest BCUT2D eigenvalue weighted by molar-refractivity contribution is 7.27. The summed E-state index contributed by atoms with van der Waals surface area (Å²) in [5, 5.41) is 0. The minimum atomic E-state index is -0.833. The van der Waals surface area contributed by atoms with Gasteiger partial charge in [0.25, 0.3) is 0 Å². The van der Waals surface area contributed by atoms with E-state index in [0.29, 0.717) is 26.7 Å². The molecule has 0 N–H and O–H groups in total. The zero-order valence-corrected chi connectivity index (χ0v) is 50.4. The van der Waals surface area contributed by atoms with Gasteiger partial charge >= 0.3 is 0 Å². The minimum absolute atomic E-state index is 0.227. The Balaban J connectivity index is 1.28. The molecule has 0 fully saturated rings. The van der Waals surface area contributed by atoms with E-state index in [1.54, 1.807) is 16.9 Å². The van der Waals surface area contributed by atoms with Crippen LogP contribution in [0.4, 0.5) is 8.78 Å². The average Bonchev–Trinajstić information content (AvgIpc) is 4.26. The van der Waals surface area contributed by atoms with Crippen LogP contribution in [-0.4, -0.2) is 8.75 Å². The lowest BCUT2D eigenvalue weighted by molar-refractivity contribution is 0.400. The molecule has 2 unspecified atom stereocenters. The highest BCUT2D eigenvalue weighted by Gasteiger charge is 2.28. The maximum Gasteiger partial charge on any atom is 0.170 e. The van der Waals surface area contributed by atoms with Gasteiger partial charge in [-0.3, -0.25) is 0 Å². The fourth-order valence-corrected chi connectivity index (χ4v) is 16.2. The van der Waals surface area contributed by atoms with Crippen LogP contribution in [0.15, 0.2) is 36.4 Å². The number of fused-ring (bicyclic) bond motifs is 1. The number of aryl methyl sites for hydroxylation is 2. The standard InChI is InChI=1S/C64H94F2N2S5/c1-7-11-15-19-23-25-29-33-36-49(35-31-27-21-17-13-9-3)43-51-45-56(70-48(51)6)57-46-52(44-50(37-32-28-22-18-14-10-4)38-34-30-26-24-20-16-12-8-2)64(72-57)55-42-41-54(71-55)59-61(66)60(65)58(53-40-39-47(5)69-53)62-63(59)68-73-67-62/h39-42,45-46,49-50H,7-38,43-44H2,1-6H3. The topological polar surface area (TPSA) is 25.8 Å². The molecule has 6 rings (SSSR count). The molecule has 5 aromatic heterocycles. The Morgan fingerprint density at radius 1 is 0.397 bits per heavy atom. The van der Waals surface area contributed by atoms with Gasteiger partial charge in [-0.05, 0) is 86.1 Å². The van der Waals surface area contributed by atoms with Crippen molar-refractivity contribution in [3.63, 3.8) is 0 Å². The molecule has 404 valence electrons. The Kier molecular flexibility index (Phi) is 27.7. The Morgan fingerprint density at radius 2 is 0.767 bits per heavy atom. The summed E-state index contributed by atoms with van der Waals surface area (Å²) in [4.78, 5) is 9.12. The van der Waals surface area contributed by atoms with Crippen molar-refractivity contribution in [2.45, 2.75) is 260 Å². The fraction of sp³-hybridized carbons (Fsp3) is 0.656. The first-order chi connectivity index (χ1) is 35.8. The number of rotatable bonds is 40. The van der Waals surface area contributed by atoms with Crippen LogP contribution < -0.4 is 0 Å². The molecule has 0 aliphatic rings. The van der Waals surface area contributed by atoms with Gasteiger partial charge in [-0.2, -0.15) is 8.75 Å². The molecule has 0 aliphatic carbocycles. The Morgan fingerprint density at radius 3 is 1.21 bits per heavy atom. The van der Waals surface area contributed by atoms with Crippen molar-refractivity contribution in [1.29, 1.82) is 0 Å². The monoisotopic (exact) mass is 1090 g/mol. The second-order valence-corrected chi connectivity index (χ2v) is 27.1. The number of thiophene rings is 4. The average molecular weight is 1090 g/mol. The van der Waals surface area contributed by atoms with Crippen molar-refractivity contribution in [1.82, 2.24) is 8.75 Å². The number of benzene rings is 1. The summed E-state index contributed by atoms with van der Waals surface area (Å²) in [7, 11) is 0. The van der Waals surface area contributed by atoms with Gasteiger partial charge in [0.05, 0.1) is 22.9 Å². The minimum Gasteiger partial charge on any atom is -0.203 e. The molecule has 5 heterocycles. The predicted molar refractivity (Wildman–Crippen MR) is 325 cm³/mol. The van der Waals surface area contributed by atoms with E-state index >= 15 is 8.78 Å². The Labute approximate surface area is 463 Å². The van der Waals surface area contributed by atoms with Crippen LogP contribution >= 0.6 is 57.1 Å². The van der Waals surface area contributed by atoms with Gasteiger partial charge in [-0.1, -0.05) is 233 Å². The van der Waals surface area contributed by atoms with Crippen molar-refractivity contribution in [2.24, 2.45) is 11.8 Å². The molecule has 0 saturated carbocycles. The first kappa shape index (κ1) is 59.9. The molecule has 0 amide bonds. The molecule has 0 bridgehead atoms. The normalized spacial score (nSPS) is 12.8. The van der Waals surface area contributed by atoms with Gasteiger partial charge in [0.2, 0.25) is 0 Å². The highest BCUT2D eigenvalue weighted by atomic mass is 32.1. The number of halogens is 2. The van der Waals surface area contributed by atoms with Crippen molar-refractivity contribution in [2.75, 3.05) is 0 Å². The van der Waals surface area contributed by atoms with Gasteiger partial charge in [-0.15, -0.1) is 45.3 Å². The zero-order valence-electron chi connectivity index (χ0n) is 46.4. The molecule has 2 atom stereocenters. The molecule has 2 nitrogen and oxygen atoms in total. The molecular weight excluding hydrogens is 995 g/mol. The first-order valence-electron chi connectivity index (χ1n) is 29.8. The molecule has 9 heteroatoms. The number of hydrogen-bond donors (Lipinski definition) is 0. The van der Waals surface area contributed by atoms with Crippen LogP contribution in [0.3, 0.4) is 0 Å². The lowest BCUT2D eigenvalue weighted by Crippen LogP contribution is -2.05. The van der Waals surface area contributed by atoms with E-state index in [9.17, 15) is 0 Å². The maximum atomic E-state index is 16.6. The Bertz CT molecular complexity index is 2430. The number of nitrogens with zero attached hydrogens (tertiary/aromatic N) is 2. The largest absolute Gasteiger partial charge is 0.203 e. The van der Waals surface area contributed by atoms with E-state index in [2.05, 4.69) is 61.6 Å². The lowest BCUT2D eigenvalue weighted by atomic mass is 9.88. The van der Waals surface area contributed by atoms with Crippen LogP contribution in [0.2, 0.25) is 0 Å². The second kappa shape index (κ2) is 33.8. The molecule has 1 aromatic carbocycles. The van der Waals surface area contributed by atoms with Crippen molar-refractivity contribution >= 4 is 68.1 Å². The maximum absolute atomic E-state index is 16.6. The molecule has 0 aliphatic heterocycles. The molecule has 73 heavy (non-hydrogen) atoms. The number of aromatic nitrogens is 2. The molecule has 0 spiro atoms. The smallest absolute Gasteiger partial charge is 0.170 e. The van der Waals surface area contributed by atoms with Crippen LogP contribution in [0.5, 0.6) is 0 Å². The summed E-state index contributed by atoms with van der Waals surface area (Å²) in [6, 6.07) is 13.1. The third-order valence-corrected chi connectivity index (χ3v) is 20.9. The van der Waals surface area contributed by atoms with Crippen LogP contribution in [-0.2, 0) is 12.8 Å². The van der Waals surface area contributed by atoms with Crippen LogP contribution in [0.1, 0.15) is 254 Å². The summed E-state index contributed by atoms with van der Waals surface area (Å²) < 4.78 is 42.1. The van der Waals surface area contributed by atoms with E-state index in [-0.39, 0.29) is 11.1 Å². The molecule has 6 aromatic rings. The SMILES string of the molecule is CCCCCCCCCCC(CCCCCCCC)Cc1cc(-c2cc(CC(CCCCCCCC)CCCCCCCCCC)c(-c3ccc(-c4c(F)c(F)c(-c5ccc(C)s5)c5nsnc45)s3)s2)sc1C. The van der Waals surface area contributed by atoms with Gasteiger partial charge in [0, 0.05) is 39.0 Å². The first-order valence-corrected chi connectivity index (χ1v) is 33.8. The van der Waals surface area contributed by atoms with Crippen LogP contribution in [0, 0.1) is 37.3 Å². The molecule has 0 saturated heterocycles. The molecular formula is C64H94F2N2S5. The second-order valence-electron chi connectivity index (χ2n) is 21.9. The van der Waals surface area contributed by atoms with E-state index < -0.39 is 11.6 Å². The third kappa shape index (κ3) is 19.0. The quantitative estimate of drug-likeness (QED) is 0.0358. The van der Waals surface area contributed by atoms with E-state index in [4.69, 9.17) is 0 Å². The summed E-state index contributed by atoms with van der Waals surface area (Å²) in [5.74, 6) is -0.281. The highest BCUT2D eigenvalue weighted by Crippen LogP contribution is 2.49. The van der Waals surface area contributed by atoms with E-state index in [1.807, 2.05) is 47.8 Å². The van der Waals surface area contributed by atoms with Crippen molar-refractivity contribution < 1.29 is 8.78 Å². The van der Waals surface area contributed by atoms with E-state index in [0.717, 1.165) is 33.8 Å². The number of unbranched alkanes of at least 4 members (excludes halogenated alkanes) is 24. The summed E-state index contributed by atoms with van der Waals surface area (Å²) in [5.41, 5.74) is 4.36. The summed E-state index contributed by atoms with van der Waals surface area (Å²) in [6.07, 6.45) is 45.5. The van der Waals surface area contributed by atoms with Gasteiger partial charge in [-0.25, -0.2) is 8.78 Å². The van der Waals surface area contributed by atoms with Gasteiger partial charge in [0.1, 0.15) is 11.0 Å². The number of hydrogen-bond acceptors (Lipinski definition) is 7.